The average Bonchev–Trinajstić information content (AvgIpc) is 3.00. The predicted molar refractivity (Wildman–Crippen MR) is 159 cm³/mol. The van der Waals surface area contributed by atoms with Crippen LogP contribution in [0, 0.1) is 5.82 Å². The van der Waals surface area contributed by atoms with Crippen LogP contribution in [0.4, 0.5) is 9.18 Å². The number of ether oxygens (including phenoxy) is 2. The highest BCUT2D eigenvalue weighted by atomic mass is 19.1. The zero-order valence-electron chi connectivity index (χ0n) is 24.5. The van der Waals surface area contributed by atoms with Crippen molar-refractivity contribution in [3.8, 4) is 11.5 Å². The summed E-state index contributed by atoms with van der Waals surface area (Å²) in [6.07, 6.45) is 0. The molecule has 5 rings (SSSR count). The van der Waals surface area contributed by atoms with Gasteiger partial charge in [0.15, 0.2) is 0 Å². The molecule has 2 heterocycles. The van der Waals surface area contributed by atoms with Crippen molar-refractivity contribution in [1.29, 1.82) is 0 Å². The summed E-state index contributed by atoms with van der Waals surface area (Å²) in [6.45, 7) is 5.41. The van der Waals surface area contributed by atoms with Crippen molar-refractivity contribution in [2.24, 2.45) is 0 Å². The lowest BCUT2D eigenvalue weighted by molar-refractivity contribution is -0.139. The lowest BCUT2D eigenvalue weighted by Gasteiger charge is -2.42. The number of likely N-dealkylation sites (N-methyl/N-ethyl adjacent to an activating group) is 1. The molecular weight excluding hydrogens is 551 g/mol. The highest BCUT2D eigenvalue weighted by molar-refractivity contribution is 5.95. The summed E-state index contributed by atoms with van der Waals surface area (Å²) in [5.74, 6) is -0.208. The third-order valence-electron chi connectivity index (χ3n) is 7.69. The Kier molecular flexibility index (Phi) is 9.06. The maximum absolute atomic E-state index is 14.3. The van der Waals surface area contributed by atoms with Gasteiger partial charge < -0.3 is 19.7 Å². The molecule has 9 nitrogen and oxygen atoms in total. The molecule has 0 saturated carbocycles. The van der Waals surface area contributed by atoms with Gasteiger partial charge in [0.1, 0.15) is 17.3 Å². The molecular formula is C33H35FN4O5. The largest absolute Gasteiger partial charge is 0.463 e. The highest BCUT2D eigenvalue weighted by Crippen LogP contribution is 2.34. The summed E-state index contributed by atoms with van der Waals surface area (Å²) in [4.78, 5) is 45.0. The lowest BCUT2D eigenvalue weighted by Crippen LogP contribution is -2.56. The van der Waals surface area contributed by atoms with Crippen molar-refractivity contribution in [2.45, 2.75) is 25.9 Å². The number of urea groups is 1. The Morgan fingerprint density at radius 1 is 0.977 bits per heavy atom. The van der Waals surface area contributed by atoms with Gasteiger partial charge in [0.2, 0.25) is 0 Å². The Labute approximate surface area is 250 Å². The van der Waals surface area contributed by atoms with E-state index >= 15 is 0 Å². The third kappa shape index (κ3) is 6.54. The predicted octanol–water partition coefficient (Wildman–Crippen LogP) is 4.98. The Balaban J connectivity index is 1.42. The van der Waals surface area contributed by atoms with E-state index in [0.29, 0.717) is 48.0 Å². The molecule has 2 aliphatic rings. The topological polar surface area (TPSA) is 91.4 Å². The number of hydrogen-bond donors (Lipinski definition) is 1. The fourth-order valence-corrected chi connectivity index (χ4v) is 5.51. The van der Waals surface area contributed by atoms with Gasteiger partial charge >= 0.3 is 12.0 Å². The molecule has 1 N–H and O–H groups in total. The van der Waals surface area contributed by atoms with Crippen molar-refractivity contribution < 1.29 is 28.2 Å². The van der Waals surface area contributed by atoms with Crippen LogP contribution in [0.2, 0.25) is 0 Å². The molecule has 0 bridgehead atoms. The monoisotopic (exact) mass is 586 g/mol. The number of esters is 1. The Morgan fingerprint density at radius 3 is 2.42 bits per heavy atom. The zero-order valence-corrected chi connectivity index (χ0v) is 24.5. The summed E-state index contributed by atoms with van der Waals surface area (Å²) >= 11 is 0. The first-order valence-corrected chi connectivity index (χ1v) is 14.3. The second-order valence-corrected chi connectivity index (χ2v) is 10.6. The minimum Gasteiger partial charge on any atom is -0.463 e. The summed E-state index contributed by atoms with van der Waals surface area (Å²) in [6, 6.07) is 21.2. The highest BCUT2D eigenvalue weighted by Gasteiger charge is 2.38. The van der Waals surface area contributed by atoms with E-state index in [-0.39, 0.29) is 36.7 Å². The van der Waals surface area contributed by atoms with Crippen LogP contribution in [0.5, 0.6) is 11.5 Å². The molecule has 43 heavy (non-hydrogen) atoms. The van der Waals surface area contributed by atoms with Crippen LogP contribution in [0.3, 0.4) is 0 Å². The normalized spacial score (nSPS) is 19.2. The van der Waals surface area contributed by atoms with Gasteiger partial charge in [-0.1, -0.05) is 42.5 Å². The molecule has 224 valence electrons. The number of hydrogen-bond acceptors (Lipinski definition) is 6. The number of para-hydroxylation sites is 1. The van der Waals surface area contributed by atoms with Crippen LogP contribution in [-0.4, -0.2) is 78.5 Å². The maximum Gasteiger partial charge on any atom is 0.338 e. The molecule has 1 fully saturated rings. The van der Waals surface area contributed by atoms with Crippen molar-refractivity contribution in [2.75, 3.05) is 39.8 Å². The Hall–Kier alpha value is -4.70. The molecule has 2 aliphatic heterocycles. The second-order valence-electron chi connectivity index (χ2n) is 10.6. The molecule has 0 radical (unpaired) electrons. The minimum atomic E-state index is -0.765. The Bertz CT molecular complexity index is 1530. The van der Waals surface area contributed by atoms with Gasteiger partial charge in [0, 0.05) is 45.0 Å². The fraction of sp³-hybridized carbons (Fsp3) is 0.303. The number of benzene rings is 3. The number of carbonyl (C=O) groups is 3. The smallest absolute Gasteiger partial charge is 0.338 e. The number of nitrogens with one attached hydrogen (secondary N) is 1. The molecule has 1 saturated heterocycles. The van der Waals surface area contributed by atoms with E-state index in [9.17, 15) is 18.8 Å². The molecule has 3 aromatic carbocycles. The lowest BCUT2D eigenvalue weighted by atomic mass is 9.94. The molecule has 0 spiro atoms. The number of halogens is 1. The molecule has 2 atom stereocenters. The van der Waals surface area contributed by atoms with Gasteiger partial charge in [0.05, 0.1) is 23.8 Å². The van der Waals surface area contributed by atoms with Crippen LogP contribution in [0.25, 0.3) is 0 Å². The van der Waals surface area contributed by atoms with E-state index in [1.54, 1.807) is 37.1 Å². The van der Waals surface area contributed by atoms with Gasteiger partial charge in [-0.3, -0.25) is 14.6 Å². The number of rotatable bonds is 8. The number of piperazine rings is 1. The van der Waals surface area contributed by atoms with Crippen molar-refractivity contribution >= 4 is 17.9 Å². The molecule has 0 aliphatic carbocycles. The molecule has 10 heteroatoms. The first-order valence-electron chi connectivity index (χ1n) is 14.3. The van der Waals surface area contributed by atoms with Gasteiger partial charge in [-0.15, -0.1) is 0 Å². The van der Waals surface area contributed by atoms with Gasteiger partial charge in [-0.2, -0.15) is 0 Å². The van der Waals surface area contributed by atoms with Crippen molar-refractivity contribution in [3.05, 3.63) is 107 Å². The number of carbonyl (C=O) groups excluding carboxylic acids is 3. The van der Waals surface area contributed by atoms with Gasteiger partial charge in [-0.25, -0.2) is 14.0 Å². The average molecular weight is 587 g/mol. The quantitative estimate of drug-likeness (QED) is 0.375. The van der Waals surface area contributed by atoms with Crippen LogP contribution in [0.15, 0.2) is 90.1 Å². The summed E-state index contributed by atoms with van der Waals surface area (Å²) in [7, 11) is 1.62. The van der Waals surface area contributed by atoms with E-state index < -0.39 is 17.8 Å². The zero-order chi connectivity index (χ0) is 30.5. The first kappa shape index (κ1) is 29.8. The SMILES string of the molecule is CCOC(=O)C1=C(CN2CCN(C(=O)c3ccccc3F)[C@H](C)C2)N(C)C(=O)N[C@@H]1c1cccc(Oc2ccccc2)c1. The van der Waals surface area contributed by atoms with Gasteiger partial charge in [0.25, 0.3) is 5.91 Å². The first-order chi connectivity index (χ1) is 20.8. The van der Waals surface area contributed by atoms with E-state index in [1.165, 1.54) is 17.0 Å². The number of nitrogens with zero attached hydrogens (tertiary/aromatic N) is 3. The van der Waals surface area contributed by atoms with Crippen LogP contribution in [-0.2, 0) is 9.53 Å². The van der Waals surface area contributed by atoms with Crippen molar-refractivity contribution in [1.82, 2.24) is 20.0 Å². The van der Waals surface area contributed by atoms with Gasteiger partial charge in [-0.05, 0) is 55.8 Å². The number of amides is 3. The van der Waals surface area contributed by atoms with E-state index in [2.05, 4.69) is 10.2 Å². The Morgan fingerprint density at radius 2 is 1.70 bits per heavy atom. The summed E-state index contributed by atoms with van der Waals surface area (Å²) in [5.41, 5.74) is 1.56. The maximum atomic E-state index is 14.3. The molecule has 3 amide bonds. The van der Waals surface area contributed by atoms with E-state index in [4.69, 9.17) is 9.47 Å². The molecule has 3 aromatic rings. The van der Waals surface area contributed by atoms with Crippen LogP contribution in [0.1, 0.15) is 35.8 Å². The molecule has 0 aromatic heterocycles. The summed E-state index contributed by atoms with van der Waals surface area (Å²) < 4.78 is 25.8. The van der Waals surface area contributed by atoms with Crippen LogP contribution >= 0.6 is 0 Å². The fourth-order valence-electron chi connectivity index (χ4n) is 5.51. The van der Waals surface area contributed by atoms with E-state index in [0.717, 1.165) is 0 Å². The van der Waals surface area contributed by atoms with E-state index in [1.807, 2.05) is 55.5 Å². The third-order valence-corrected chi connectivity index (χ3v) is 7.69. The standard InChI is InChI=1S/C33H35FN4O5/c1-4-42-32(40)29-28(21-37-17-18-38(22(2)20-37)31(39)26-15-8-9-16-27(26)34)36(3)33(41)35-30(29)23-11-10-14-25(19-23)43-24-12-6-5-7-13-24/h5-16,19,22,30H,4,17-18,20-21H2,1-3H3,(H,35,41)/t22-,30-/m1/s1. The minimum absolute atomic E-state index is 0.0418. The second kappa shape index (κ2) is 13.1. The van der Waals surface area contributed by atoms with Crippen molar-refractivity contribution in [3.63, 3.8) is 0 Å². The summed E-state index contributed by atoms with van der Waals surface area (Å²) in [5, 5.41) is 2.95. The van der Waals surface area contributed by atoms with Crippen LogP contribution < -0.4 is 10.1 Å². The molecule has 0 unspecified atom stereocenters.